The lowest BCUT2D eigenvalue weighted by Gasteiger charge is -2.11. The molecule has 2 aromatic rings. The molecule has 6 nitrogen and oxygen atoms in total. The molecule has 0 aromatic carbocycles. The SMILES string of the molecule is [2H]C([2H])(OC[C@@H](C)N)c1cc(N)c(=O)n(-c2ccccn2)c1. The maximum absolute atomic E-state index is 12.1. The number of pyridine rings is 2. The summed E-state index contributed by atoms with van der Waals surface area (Å²) in [5.74, 6) is 0.351. The van der Waals surface area contributed by atoms with Crippen molar-refractivity contribution in [1.82, 2.24) is 9.55 Å². The van der Waals surface area contributed by atoms with Crippen LogP contribution in [0.1, 0.15) is 15.2 Å². The van der Waals surface area contributed by atoms with Crippen LogP contribution in [0.3, 0.4) is 0 Å². The fraction of sp³-hybridized carbons (Fsp3) is 0.286. The highest BCUT2D eigenvalue weighted by Crippen LogP contribution is 2.08. The summed E-state index contributed by atoms with van der Waals surface area (Å²) in [4.78, 5) is 16.2. The minimum atomic E-state index is -2.12. The van der Waals surface area contributed by atoms with Crippen molar-refractivity contribution in [3.05, 3.63) is 52.6 Å². The van der Waals surface area contributed by atoms with E-state index in [1.165, 1.54) is 23.0 Å². The molecule has 4 N–H and O–H groups in total. The van der Waals surface area contributed by atoms with Crippen molar-refractivity contribution >= 4 is 5.69 Å². The van der Waals surface area contributed by atoms with Crippen molar-refractivity contribution < 1.29 is 7.48 Å². The van der Waals surface area contributed by atoms with E-state index in [0.717, 1.165) is 0 Å². The second-order valence-corrected chi connectivity index (χ2v) is 4.44. The number of ether oxygens (including phenoxy) is 1. The van der Waals surface area contributed by atoms with Gasteiger partial charge < -0.3 is 16.2 Å². The van der Waals surface area contributed by atoms with E-state index in [2.05, 4.69) is 4.98 Å². The van der Waals surface area contributed by atoms with E-state index in [1.807, 2.05) is 0 Å². The van der Waals surface area contributed by atoms with Gasteiger partial charge >= 0.3 is 0 Å². The lowest BCUT2D eigenvalue weighted by atomic mass is 10.2. The van der Waals surface area contributed by atoms with E-state index in [9.17, 15) is 4.79 Å². The van der Waals surface area contributed by atoms with Crippen LogP contribution >= 0.6 is 0 Å². The zero-order chi connectivity index (χ0) is 16.3. The Hall–Kier alpha value is -2.18. The summed E-state index contributed by atoms with van der Waals surface area (Å²) in [6, 6.07) is 6.02. The molecule has 0 amide bonds. The van der Waals surface area contributed by atoms with Crippen molar-refractivity contribution in [2.75, 3.05) is 12.3 Å². The van der Waals surface area contributed by atoms with Gasteiger partial charge in [-0.3, -0.25) is 9.36 Å². The normalized spacial score (nSPS) is 14.5. The monoisotopic (exact) mass is 276 g/mol. The number of rotatable bonds is 5. The Labute approximate surface area is 119 Å². The number of aromatic nitrogens is 2. The molecule has 20 heavy (non-hydrogen) atoms. The molecule has 0 unspecified atom stereocenters. The molecule has 0 saturated carbocycles. The number of hydrogen-bond acceptors (Lipinski definition) is 5. The topological polar surface area (TPSA) is 96.2 Å². The minimum absolute atomic E-state index is 0.0373. The van der Waals surface area contributed by atoms with Gasteiger partial charge in [0.15, 0.2) is 0 Å². The van der Waals surface area contributed by atoms with E-state index in [0.29, 0.717) is 5.82 Å². The molecule has 2 aromatic heterocycles. The Morgan fingerprint density at radius 2 is 2.35 bits per heavy atom. The molecular formula is C14H18N4O2. The predicted octanol–water partition coefficient (Wildman–Crippen LogP) is 0.678. The van der Waals surface area contributed by atoms with Gasteiger partial charge in [0.25, 0.3) is 5.56 Å². The van der Waals surface area contributed by atoms with Crippen LogP contribution in [-0.2, 0) is 11.3 Å². The summed E-state index contributed by atoms with van der Waals surface area (Å²) in [5, 5.41) is 0. The number of hydrogen-bond donors (Lipinski definition) is 2. The first-order chi connectivity index (χ1) is 10.3. The van der Waals surface area contributed by atoms with E-state index >= 15 is 0 Å². The quantitative estimate of drug-likeness (QED) is 0.837. The van der Waals surface area contributed by atoms with E-state index in [4.69, 9.17) is 18.9 Å². The van der Waals surface area contributed by atoms with Crippen LogP contribution in [0.25, 0.3) is 5.82 Å². The maximum Gasteiger partial charge on any atom is 0.279 e. The lowest BCUT2D eigenvalue weighted by Crippen LogP contribution is -2.24. The number of nitrogens with zero attached hydrogens (tertiary/aromatic N) is 2. The van der Waals surface area contributed by atoms with Crippen molar-refractivity contribution in [2.24, 2.45) is 5.73 Å². The van der Waals surface area contributed by atoms with Gasteiger partial charge in [0.05, 0.1) is 21.6 Å². The molecule has 0 fully saturated rings. The Morgan fingerprint density at radius 3 is 3.00 bits per heavy atom. The third kappa shape index (κ3) is 3.43. The summed E-state index contributed by atoms with van der Waals surface area (Å²) >= 11 is 0. The predicted molar refractivity (Wildman–Crippen MR) is 77.6 cm³/mol. The lowest BCUT2D eigenvalue weighted by molar-refractivity contribution is 0.111. The largest absolute Gasteiger partial charge is 0.394 e. The molecule has 0 aliphatic carbocycles. The average molecular weight is 276 g/mol. The molecule has 2 rings (SSSR count). The first-order valence-electron chi connectivity index (χ1n) is 7.15. The Kier molecular flexibility index (Phi) is 3.67. The van der Waals surface area contributed by atoms with Crippen LogP contribution in [0.15, 0.2) is 41.5 Å². The van der Waals surface area contributed by atoms with Crippen molar-refractivity contribution in [3.8, 4) is 5.82 Å². The fourth-order valence-corrected chi connectivity index (χ4v) is 1.58. The average Bonchev–Trinajstić information content (AvgIpc) is 2.48. The van der Waals surface area contributed by atoms with Gasteiger partial charge in [-0.1, -0.05) is 6.07 Å². The van der Waals surface area contributed by atoms with Gasteiger partial charge in [-0.25, -0.2) is 4.98 Å². The molecule has 1 atom stereocenters. The molecule has 6 heteroatoms. The molecule has 0 bridgehead atoms. The van der Waals surface area contributed by atoms with E-state index < -0.39 is 12.1 Å². The Bertz CT molecular complexity index is 702. The highest BCUT2D eigenvalue weighted by molar-refractivity contribution is 5.41. The van der Waals surface area contributed by atoms with Crippen molar-refractivity contribution in [1.29, 1.82) is 0 Å². The molecule has 0 aliphatic rings. The smallest absolute Gasteiger partial charge is 0.279 e. The van der Waals surface area contributed by atoms with E-state index in [1.54, 1.807) is 25.1 Å². The zero-order valence-electron chi connectivity index (χ0n) is 13.1. The van der Waals surface area contributed by atoms with Crippen LogP contribution in [-0.4, -0.2) is 22.2 Å². The summed E-state index contributed by atoms with van der Waals surface area (Å²) in [5.41, 5.74) is 10.8. The molecule has 0 aliphatic heterocycles. The molecule has 0 radical (unpaired) electrons. The number of anilines is 1. The third-order valence-electron chi connectivity index (χ3n) is 2.48. The molecular weight excluding hydrogens is 256 g/mol. The molecule has 106 valence electrons. The number of nitrogen functional groups attached to an aromatic ring is 1. The van der Waals surface area contributed by atoms with Crippen molar-refractivity contribution in [2.45, 2.75) is 19.5 Å². The maximum atomic E-state index is 12.1. The van der Waals surface area contributed by atoms with Crippen molar-refractivity contribution in [3.63, 3.8) is 0 Å². The van der Waals surface area contributed by atoms with Crippen LogP contribution in [0.2, 0.25) is 0 Å². The van der Waals surface area contributed by atoms with Crippen LogP contribution in [0, 0.1) is 0 Å². The molecule has 0 spiro atoms. The van der Waals surface area contributed by atoms with Crippen LogP contribution in [0.5, 0.6) is 0 Å². The van der Waals surface area contributed by atoms with Gasteiger partial charge in [0, 0.05) is 18.4 Å². The summed E-state index contributed by atoms with van der Waals surface area (Å²) < 4.78 is 22.3. The van der Waals surface area contributed by atoms with Gasteiger partial charge in [-0.15, -0.1) is 0 Å². The Balaban J connectivity index is 2.47. The second-order valence-electron chi connectivity index (χ2n) is 4.44. The minimum Gasteiger partial charge on any atom is -0.394 e. The van der Waals surface area contributed by atoms with Gasteiger partial charge in [-0.05, 0) is 30.7 Å². The highest BCUT2D eigenvalue weighted by atomic mass is 16.5. The van der Waals surface area contributed by atoms with E-state index in [-0.39, 0.29) is 23.9 Å². The first kappa shape index (κ1) is 11.6. The van der Waals surface area contributed by atoms with Crippen LogP contribution < -0.4 is 17.0 Å². The van der Waals surface area contributed by atoms with Crippen LogP contribution in [0.4, 0.5) is 5.69 Å². The zero-order valence-corrected chi connectivity index (χ0v) is 11.1. The molecule has 2 heterocycles. The number of nitrogens with two attached hydrogens (primary N) is 2. The second kappa shape index (κ2) is 6.31. The standard InChI is InChI=1S/C14H18N4O2/c1-10(15)8-20-9-11-6-12(16)14(19)18(7-11)13-4-2-3-5-17-13/h2-7,10H,8-9,15-16H2,1H3/t10-/m1/s1/i9D2. The molecule has 0 saturated heterocycles. The fourth-order valence-electron chi connectivity index (χ4n) is 1.58. The summed E-state index contributed by atoms with van der Waals surface area (Å²) in [6.07, 6.45) is 2.87. The summed E-state index contributed by atoms with van der Waals surface area (Å²) in [6.45, 7) is -0.374. The Morgan fingerprint density at radius 1 is 1.55 bits per heavy atom. The van der Waals surface area contributed by atoms with Gasteiger partial charge in [0.1, 0.15) is 5.82 Å². The third-order valence-corrected chi connectivity index (χ3v) is 2.48. The highest BCUT2D eigenvalue weighted by Gasteiger charge is 2.07. The first-order valence-corrected chi connectivity index (χ1v) is 6.15. The van der Waals surface area contributed by atoms with Gasteiger partial charge in [0.2, 0.25) is 0 Å². The van der Waals surface area contributed by atoms with Gasteiger partial charge in [-0.2, -0.15) is 0 Å². The summed E-state index contributed by atoms with van der Waals surface area (Å²) in [7, 11) is 0.